The van der Waals surface area contributed by atoms with Gasteiger partial charge in [0.05, 0.1) is 6.04 Å². The predicted octanol–water partition coefficient (Wildman–Crippen LogP) is 2.67. The minimum Gasteiger partial charge on any atom is -0.354 e. The van der Waals surface area contributed by atoms with Crippen molar-refractivity contribution in [2.24, 2.45) is 0 Å². The molecule has 160 valence electrons. The van der Waals surface area contributed by atoms with E-state index in [0.717, 1.165) is 68.3 Å². The van der Waals surface area contributed by atoms with Crippen molar-refractivity contribution in [1.82, 2.24) is 25.2 Å². The number of amides is 1. The molecule has 4 rings (SSSR count). The molecule has 1 N–H and O–H groups in total. The Bertz CT molecular complexity index is 844. The molecule has 3 heterocycles. The Morgan fingerprint density at radius 1 is 1.13 bits per heavy atom. The number of nitrogens with zero attached hydrogens (tertiary/aromatic N) is 5. The van der Waals surface area contributed by atoms with E-state index >= 15 is 0 Å². The molecule has 1 aliphatic heterocycles. The highest BCUT2D eigenvalue weighted by molar-refractivity contribution is 5.81. The molecular weight excluding hydrogens is 376 g/mol. The van der Waals surface area contributed by atoms with Gasteiger partial charge in [0.15, 0.2) is 5.82 Å². The van der Waals surface area contributed by atoms with Crippen LogP contribution in [0.15, 0.2) is 30.6 Å². The fraction of sp³-hybridized carbons (Fsp3) is 0.565. The highest BCUT2D eigenvalue weighted by Crippen LogP contribution is 2.22. The Morgan fingerprint density at radius 2 is 1.83 bits per heavy atom. The molecule has 0 aromatic carbocycles. The maximum absolute atomic E-state index is 12.6. The zero-order valence-corrected chi connectivity index (χ0v) is 18.0. The Labute approximate surface area is 178 Å². The summed E-state index contributed by atoms with van der Waals surface area (Å²) in [7, 11) is 0. The topological polar surface area (TPSA) is 74.2 Å². The number of carbonyl (C=O) groups excluding carboxylic acids is 1. The van der Waals surface area contributed by atoms with Crippen LogP contribution < -0.4 is 10.2 Å². The molecule has 0 spiro atoms. The van der Waals surface area contributed by atoms with Gasteiger partial charge in [0.25, 0.3) is 0 Å². The maximum atomic E-state index is 12.6. The van der Waals surface area contributed by atoms with Crippen molar-refractivity contribution in [3.8, 4) is 11.4 Å². The lowest BCUT2D eigenvalue weighted by atomic mass is 10.1. The number of anilines is 1. The van der Waals surface area contributed by atoms with Gasteiger partial charge in [-0.2, -0.15) is 0 Å². The van der Waals surface area contributed by atoms with E-state index in [2.05, 4.69) is 33.1 Å². The second-order valence-corrected chi connectivity index (χ2v) is 8.32. The van der Waals surface area contributed by atoms with Gasteiger partial charge in [-0.25, -0.2) is 9.97 Å². The smallest absolute Gasteiger partial charge is 0.237 e. The number of nitrogens with one attached hydrogen (secondary N) is 1. The van der Waals surface area contributed by atoms with Gasteiger partial charge in [0, 0.05) is 61.9 Å². The Kier molecular flexibility index (Phi) is 6.57. The maximum Gasteiger partial charge on any atom is 0.237 e. The summed E-state index contributed by atoms with van der Waals surface area (Å²) >= 11 is 0. The van der Waals surface area contributed by atoms with Crippen molar-refractivity contribution in [1.29, 1.82) is 0 Å². The summed E-state index contributed by atoms with van der Waals surface area (Å²) in [5.74, 6) is 1.89. The molecule has 0 bridgehead atoms. The Balaban J connectivity index is 1.40. The van der Waals surface area contributed by atoms with Gasteiger partial charge in [0.1, 0.15) is 5.82 Å². The van der Waals surface area contributed by atoms with Crippen molar-refractivity contribution in [3.63, 3.8) is 0 Å². The van der Waals surface area contributed by atoms with E-state index in [1.165, 1.54) is 12.8 Å². The highest BCUT2D eigenvalue weighted by atomic mass is 16.2. The van der Waals surface area contributed by atoms with E-state index in [1.807, 2.05) is 19.1 Å². The third-order valence-corrected chi connectivity index (χ3v) is 6.33. The minimum atomic E-state index is -0.0864. The monoisotopic (exact) mass is 408 g/mol. The van der Waals surface area contributed by atoms with Gasteiger partial charge in [-0.3, -0.25) is 14.7 Å². The fourth-order valence-corrected chi connectivity index (χ4v) is 4.35. The number of aryl methyl sites for hydroxylation is 1. The zero-order valence-electron chi connectivity index (χ0n) is 18.0. The van der Waals surface area contributed by atoms with Crippen molar-refractivity contribution in [2.75, 3.05) is 31.1 Å². The van der Waals surface area contributed by atoms with Crippen LogP contribution in [0.25, 0.3) is 11.4 Å². The lowest BCUT2D eigenvalue weighted by molar-refractivity contribution is -0.126. The van der Waals surface area contributed by atoms with Crippen LogP contribution in [0.4, 0.5) is 5.82 Å². The van der Waals surface area contributed by atoms with Gasteiger partial charge in [-0.05, 0) is 38.3 Å². The van der Waals surface area contributed by atoms with Crippen LogP contribution in [0.2, 0.25) is 0 Å². The van der Waals surface area contributed by atoms with Gasteiger partial charge in [-0.1, -0.05) is 19.8 Å². The van der Waals surface area contributed by atoms with E-state index < -0.39 is 0 Å². The SMILES string of the molecule is CCc1cc(N2CCN(C(C)C(=O)NC3CCCC3)CC2)nc(-c2ccncc2)n1. The number of piperazine rings is 1. The summed E-state index contributed by atoms with van der Waals surface area (Å²) in [5, 5.41) is 3.24. The zero-order chi connectivity index (χ0) is 20.9. The second-order valence-electron chi connectivity index (χ2n) is 8.32. The summed E-state index contributed by atoms with van der Waals surface area (Å²) in [6.45, 7) is 7.57. The van der Waals surface area contributed by atoms with Gasteiger partial charge in [0.2, 0.25) is 5.91 Å². The first-order chi connectivity index (χ1) is 14.6. The molecule has 1 unspecified atom stereocenters. The molecule has 1 aliphatic carbocycles. The van der Waals surface area contributed by atoms with Crippen molar-refractivity contribution in [2.45, 2.75) is 58.0 Å². The lowest BCUT2D eigenvalue weighted by Gasteiger charge is -2.38. The number of rotatable bonds is 6. The van der Waals surface area contributed by atoms with Gasteiger partial charge < -0.3 is 10.2 Å². The molecular formula is C23H32N6O. The van der Waals surface area contributed by atoms with Crippen LogP contribution in [0.1, 0.15) is 45.2 Å². The molecule has 2 aliphatic rings. The summed E-state index contributed by atoms with van der Waals surface area (Å²) < 4.78 is 0. The Morgan fingerprint density at radius 3 is 2.50 bits per heavy atom. The van der Waals surface area contributed by atoms with E-state index in [4.69, 9.17) is 9.97 Å². The van der Waals surface area contributed by atoms with Crippen LogP contribution in [0.5, 0.6) is 0 Å². The summed E-state index contributed by atoms with van der Waals surface area (Å²) in [4.78, 5) is 30.9. The number of hydrogen-bond acceptors (Lipinski definition) is 6. The third-order valence-electron chi connectivity index (χ3n) is 6.33. The molecule has 7 nitrogen and oxygen atoms in total. The first kappa shape index (κ1) is 20.7. The van der Waals surface area contributed by atoms with Crippen LogP contribution in [-0.2, 0) is 11.2 Å². The summed E-state index contributed by atoms with van der Waals surface area (Å²) in [6, 6.07) is 6.27. The van der Waals surface area contributed by atoms with E-state index in [-0.39, 0.29) is 11.9 Å². The summed E-state index contributed by atoms with van der Waals surface area (Å²) in [6.07, 6.45) is 9.13. The summed E-state index contributed by atoms with van der Waals surface area (Å²) in [5.41, 5.74) is 2.02. The standard InChI is InChI=1S/C23H32N6O/c1-3-19-16-21(27-22(25-19)18-8-10-24-11-9-18)29-14-12-28(13-15-29)17(2)23(30)26-20-6-4-5-7-20/h8-11,16-17,20H,3-7,12-15H2,1-2H3,(H,26,30). The van der Waals surface area contributed by atoms with Gasteiger partial charge in [-0.15, -0.1) is 0 Å². The number of pyridine rings is 1. The lowest BCUT2D eigenvalue weighted by Crippen LogP contribution is -2.55. The minimum absolute atomic E-state index is 0.0864. The number of carbonyl (C=O) groups is 1. The number of hydrogen-bond donors (Lipinski definition) is 1. The average molecular weight is 409 g/mol. The first-order valence-corrected chi connectivity index (χ1v) is 11.2. The van der Waals surface area contributed by atoms with Crippen molar-refractivity contribution < 1.29 is 4.79 Å². The highest BCUT2D eigenvalue weighted by Gasteiger charge is 2.28. The normalized spacial score (nSPS) is 19.1. The molecule has 7 heteroatoms. The molecule has 2 aromatic rings. The fourth-order valence-electron chi connectivity index (χ4n) is 4.35. The molecule has 30 heavy (non-hydrogen) atoms. The predicted molar refractivity (Wildman–Crippen MR) is 118 cm³/mol. The molecule has 1 saturated heterocycles. The number of aromatic nitrogens is 3. The molecule has 0 radical (unpaired) electrons. The van der Waals surface area contributed by atoms with Crippen molar-refractivity contribution >= 4 is 11.7 Å². The quantitative estimate of drug-likeness (QED) is 0.792. The first-order valence-electron chi connectivity index (χ1n) is 11.2. The molecule has 2 fully saturated rings. The van der Waals surface area contributed by atoms with E-state index in [1.54, 1.807) is 12.4 Å². The third kappa shape index (κ3) is 4.78. The van der Waals surface area contributed by atoms with Crippen molar-refractivity contribution in [3.05, 3.63) is 36.3 Å². The van der Waals surface area contributed by atoms with E-state index in [0.29, 0.717) is 6.04 Å². The molecule has 1 amide bonds. The van der Waals surface area contributed by atoms with Crippen LogP contribution in [0, 0.1) is 0 Å². The van der Waals surface area contributed by atoms with Crippen LogP contribution in [0.3, 0.4) is 0 Å². The van der Waals surface area contributed by atoms with Crippen LogP contribution >= 0.6 is 0 Å². The van der Waals surface area contributed by atoms with Gasteiger partial charge >= 0.3 is 0 Å². The molecule has 1 atom stereocenters. The largest absolute Gasteiger partial charge is 0.354 e. The second kappa shape index (κ2) is 9.51. The average Bonchev–Trinajstić information content (AvgIpc) is 3.32. The molecule has 2 aromatic heterocycles. The molecule has 1 saturated carbocycles. The Hall–Kier alpha value is -2.54. The van der Waals surface area contributed by atoms with Crippen LogP contribution in [-0.4, -0.2) is 64.0 Å². The van der Waals surface area contributed by atoms with E-state index in [9.17, 15) is 4.79 Å².